The van der Waals surface area contributed by atoms with Gasteiger partial charge < -0.3 is 5.32 Å². The molecule has 2 heterocycles. The average Bonchev–Trinajstić information content (AvgIpc) is 3.00. The number of hydrogen-bond donors (Lipinski definition) is 1. The maximum atomic E-state index is 12.5. The molecule has 0 bridgehead atoms. The molecule has 0 radical (unpaired) electrons. The lowest BCUT2D eigenvalue weighted by Gasteiger charge is -2.37. The zero-order valence-electron chi connectivity index (χ0n) is 16.1. The predicted molar refractivity (Wildman–Crippen MR) is 99.7 cm³/mol. The monoisotopic (exact) mass is 353 g/mol. The highest BCUT2D eigenvalue weighted by atomic mass is 16.1. The fraction of sp³-hybridized carbons (Fsp3) is 0.600. The SMILES string of the molecule is Cc1nc2c(C#N)cnn2c(C)c1CCC(=O)NC1(C)CCC(C)CC1. The van der Waals surface area contributed by atoms with Crippen molar-refractivity contribution in [1.29, 1.82) is 5.26 Å². The van der Waals surface area contributed by atoms with Gasteiger partial charge in [0.15, 0.2) is 5.65 Å². The summed E-state index contributed by atoms with van der Waals surface area (Å²) >= 11 is 0. The first-order chi connectivity index (χ1) is 12.3. The van der Waals surface area contributed by atoms with Crippen LogP contribution in [0.25, 0.3) is 5.65 Å². The Morgan fingerprint density at radius 2 is 2.12 bits per heavy atom. The van der Waals surface area contributed by atoms with Crippen LogP contribution in [0.4, 0.5) is 0 Å². The Kier molecular flexibility index (Phi) is 4.99. The first-order valence-electron chi connectivity index (χ1n) is 9.38. The highest BCUT2D eigenvalue weighted by Crippen LogP contribution is 2.31. The molecule has 1 aliphatic rings. The second kappa shape index (κ2) is 7.06. The van der Waals surface area contributed by atoms with Crippen molar-refractivity contribution in [2.45, 2.75) is 71.8 Å². The lowest BCUT2D eigenvalue weighted by atomic mass is 9.78. The van der Waals surface area contributed by atoms with Gasteiger partial charge in [0.25, 0.3) is 0 Å². The fourth-order valence-corrected chi connectivity index (χ4v) is 3.91. The number of nitrogens with one attached hydrogen (secondary N) is 1. The second-order valence-electron chi connectivity index (χ2n) is 7.96. The van der Waals surface area contributed by atoms with Gasteiger partial charge in [-0.2, -0.15) is 10.4 Å². The highest BCUT2D eigenvalue weighted by molar-refractivity contribution is 5.77. The molecule has 2 aromatic rings. The summed E-state index contributed by atoms with van der Waals surface area (Å²) in [7, 11) is 0. The van der Waals surface area contributed by atoms with Crippen LogP contribution in [0.15, 0.2) is 6.20 Å². The normalized spacial score (nSPS) is 23.0. The molecule has 1 amide bonds. The van der Waals surface area contributed by atoms with Crippen molar-refractivity contribution in [1.82, 2.24) is 19.9 Å². The van der Waals surface area contributed by atoms with E-state index in [1.165, 1.54) is 19.0 Å². The molecule has 138 valence electrons. The van der Waals surface area contributed by atoms with Crippen molar-refractivity contribution in [2.24, 2.45) is 5.92 Å². The summed E-state index contributed by atoms with van der Waals surface area (Å²) in [6, 6.07) is 2.12. The predicted octanol–water partition coefficient (Wildman–Crippen LogP) is 3.24. The van der Waals surface area contributed by atoms with Gasteiger partial charge in [0, 0.05) is 23.3 Å². The molecule has 2 aromatic heterocycles. The number of hydrogen-bond acceptors (Lipinski definition) is 4. The largest absolute Gasteiger partial charge is 0.351 e. The number of nitrogens with zero attached hydrogens (tertiary/aromatic N) is 4. The number of amides is 1. The summed E-state index contributed by atoms with van der Waals surface area (Å²) in [5, 5.41) is 16.7. The lowest BCUT2D eigenvalue weighted by molar-refractivity contribution is -0.123. The molecule has 0 unspecified atom stereocenters. The summed E-state index contributed by atoms with van der Waals surface area (Å²) < 4.78 is 1.70. The van der Waals surface area contributed by atoms with Crippen molar-refractivity contribution >= 4 is 11.6 Å². The van der Waals surface area contributed by atoms with E-state index in [-0.39, 0.29) is 11.4 Å². The molecule has 0 aliphatic heterocycles. The standard InChI is InChI=1S/C20H27N5O/c1-13-7-9-20(4,10-8-13)24-18(26)6-5-17-14(2)23-19-16(11-21)12-22-25(19)15(17)3/h12-13H,5-10H2,1-4H3,(H,24,26). The zero-order valence-corrected chi connectivity index (χ0v) is 16.1. The molecule has 6 heteroatoms. The number of aromatic nitrogens is 3. The first kappa shape index (κ1) is 18.4. The third-order valence-corrected chi connectivity index (χ3v) is 5.75. The molecule has 0 atom stereocenters. The van der Waals surface area contributed by atoms with Crippen LogP contribution in [-0.4, -0.2) is 26.0 Å². The van der Waals surface area contributed by atoms with Crippen LogP contribution in [0, 0.1) is 31.1 Å². The number of carbonyl (C=O) groups is 1. The van der Waals surface area contributed by atoms with Gasteiger partial charge in [0.1, 0.15) is 11.6 Å². The van der Waals surface area contributed by atoms with Crippen molar-refractivity contribution in [3.63, 3.8) is 0 Å². The number of aryl methyl sites for hydroxylation is 2. The smallest absolute Gasteiger partial charge is 0.220 e. The van der Waals surface area contributed by atoms with E-state index in [0.717, 1.165) is 35.7 Å². The summed E-state index contributed by atoms with van der Waals surface area (Å²) in [5.41, 5.74) is 3.82. The zero-order chi connectivity index (χ0) is 18.9. The van der Waals surface area contributed by atoms with Crippen molar-refractivity contribution in [3.8, 4) is 6.07 Å². The van der Waals surface area contributed by atoms with Crippen LogP contribution in [0.2, 0.25) is 0 Å². The molecule has 6 nitrogen and oxygen atoms in total. The van der Waals surface area contributed by atoms with Crippen LogP contribution in [0.3, 0.4) is 0 Å². The van der Waals surface area contributed by atoms with E-state index in [9.17, 15) is 4.79 Å². The topological polar surface area (TPSA) is 83.1 Å². The minimum atomic E-state index is -0.0699. The van der Waals surface area contributed by atoms with Crippen LogP contribution in [0.5, 0.6) is 0 Å². The molecule has 26 heavy (non-hydrogen) atoms. The molecular weight excluding hydrogens is 326 g/mol. The molecule has 1 N–H and O–H groups in total. The Hall–Kier alpha value is -2.42. The molecule has 0 saturated heterocycles. The van der Waals surface area contributed by atoms with Crippen LogP contribution in [-0.2, 0) is 11.2 Å². The summed E-state index contributed by atoms with van der Waals surface area (Å²) in [5.74, 6) is 0.856. The van der Waals surface area contributed by atoms with E-state index < -0.39 is 0 Å². The lowest BCUT2D eigenvalue weighted by Crippen LogP contribution is -2.48. The molecule has 0 aromatic carbocycles. The summed E-state index contributed by atoms with van der Waals surface area (Å²) in [6.45, 7) is 8.34. The van der Waals surface area contributed by atoms with Crippen molar-refractivity contribution < 1.29 is 4.79 Å². The molecule has 1 aliphatic carbocycles. The van der Waals surface area contributed by atoms with E-state index in [1.54, 1.807) is 4.52 Å². The maximum Gasteiger partial charge on any atom is 0.220 e. The Bertz CT molecular complexity index is 868. The third-order valence-electron chi connectivity index (χ3n) is 5.75. The highest BCUT2D eigenvalue weighted by Gasteiger charge is 2.30. The van der Waals surface area contributed by atoms with Gasteiger partial charge in [0.05, 0.1) is 6.20 Å². The average molecular weight is 353 g/mol. The molecule has 3 rings (SSSR count). The summed E-state index contributed by atoms with van der Waals surface area (Å²) in [6.07, 6.45) is 7.06. The first-order valence-corrected chi connectivity index (χ1v) is 9.38. The van der Waals surface area contributed by atoms with Crippen LogP contribution >= 0.6 is 0 Å². The van der Waals surface area contributed by atoms with E-state index in [0.29, 0.717) is 24.1 Å². The van der Waals surface area contributed by atoms with Crippen molar-refractivity contribution in [3.05, 3.63) is 28.7 Å². The van der Waals surface area contributed by atoms with Gasteiger partial charge in [0.2, 0.25) is 5.91 Å². The van der Waals surface area contributed by atoms with Gasteiger partial charge >= 0.3 is 0 Å². The minimum Gasteiger partial charge on any atom is -0.351 e. The van der Waals surface area contributed by atoms with E-state index >= 15 is 0 Å². The molecule has 1 fully saturated rings. The summed E-state index contributed by atoms with van der Waals surface area (Å²) in [4.78, 5) is 17.0. The van der Waals surface area contributed by atoms with Gasteiger partial charge in [-0.25, -0.2) is 9.50 Å². The van der Waals surface area contributed by atoms with Crippen LogP contribution in [0.1, 0.15) is 68.5 Å². The molecule has 0 spiro atoms. The minimum absolute atomic E-state index is 0.0699. The Labute approximate surface area is 154 Å². The molecular formula is C20H27N5O. The van der Waals surface area contributed by atoms with E-state index in [1.807, 2.05) is 13.8 Å². The quantitative estimate of drug-likeness (QED) is 0.915. The van der Waals surface area contributed by atoms with Gasteiger partial charge in [-0.15, -0.1) is 0 Å². The second-order valence-corrected chi connectivity index (χ2v) is 7.96. The van der Waals surface area contributed by atoms with E-state index in [4.69, 9.17) is 5.26 Å². The van der Waals surface area contributed by atoms with Crippen LogP contribution < -0.4 is 5.32 Å². The Balaban J connectivity index is 1.70. The maximum absolute atomic E-state index is 12.5. The fourth-order valence-electron chi connectivity index (χ4n) is 3.91. The third kappa shape index (κ3) is 3.57. The van der Waals surface area contributed by atoms with Crippen molar-refractivity contribution in [2.75, 3.05) is 0 Å². The van der Waals surface area contributed by atoms with Gasteiger partial charge in [-0.3, -0.25) is 4.79 Å². The number of nitriles is 1. The van der Waals surface area contributed by atoms with Gasteiger partial charge in [-0.05, 0) is 64.4 Å². The van der Waals surface area contributed by atoms with E-state index in [2.05, 4.69) is 35.3 Å². The Morgan fingerprint density at radius 3 is 2.77 bits per heavy atom. The molecule has 1 saturated carbocycles. The number of fused-ring (bicyclic) bond motifs is 1. The van der Waals surface area contributed by atoms with Gasteiger partial charge in [-0.1, -0.05) is 6.92 Å². The Morgan fingerprint density at radius 1 is 1.42 bits per heavy atom. The number of rotatable bonds is 4. The number of carbonyl (C=O) groups excluding carboxylic acids is 1.